The summed E-state index contributed by atoms with van der Waals surface area (Å²) in [6.07, 6.45) is 5.86. The molecule has 6 nitrogen and oxygen atoms in total. The summed E-state index contributed by atoms with van der Waals surface area (Å²) in [5, 5.41) is 3.17. The maximum Gasteiger partial charge on any atom is 0.249 e. The van der Waals surface area contributed by atoms with Crippen LogP contribution >= 0.6 is 0 Å². The molecule has 0 aromatic carbocycles. The molecule has 1 aliphatic carbocycles. The van der Waals surface area contributed by atoms with E-state index in [1.807, 2.05) is 29.6 Å². The van der Waals surface area contributed by atoms with Gasteiger partial charge in [0.1, 0.15) is 12.4 Å². The molecule has 0 spiro atoms. The second-order valence-electron chi connectivity index (χ2n) is 6.05. The number of ether oxygens (including phenoxy) is 1. The molecule has 0 radical (unpaired) electrons. The number of nitrogens with one attached hydrogen (secondary N) is 1. The first kappa shape index (κ1) is 13.6. The molecule has 1 saturated carbocycles. The number of aromatic nitrogens is 2. The molecule has 1 N–H and O–H groups in total. The third-order valence-corrected chi connectivity index (χ3v) is 4.08. The predicted octanol–water partition coefficient (Wildman–Crippen LogP) is 0.290. The molecular weight excluding hydrogens is 256 g/mol. The third kappa shape index (κ3) is 2.86. The van der Waals surface area contributed by atoms with Crippen LogP contribution < -0.4 is 5.32 Å². The van der Waals surface area contributed by atoms with Gasteiger partial charge in [0.15, 0.2) is 0 Å². The van der Waals surface area contributed by atoms with E-state index < -0.39 is 0 Å². The number of hydrogen-bond donors (Lipinski definition) is 1. The van der Waals surface area contributed by atoms with Crippen LogP contribution in [0.3, 0.4) is 0 Å². The van der Waals surface area contributed by atoms with E-state index in [0.29, 0.717) is 12.6 Å². The highest BCUT2D eigenvalue weighted by molar-refractivity contribution is 5.78. The van der Waals surface area contributed by atoms with E-state index in [-0.39, 0.29) is 18.1 Å². The number of carbonyl (C=O) groups excluding carboxylic acids is 1. The number of imidazole rings is 1. The van der Waals surface area contributed by atoms with Crippen molar-refractivity contribution in [2.45, 2.75) is 38.0 Å². The van der Waals surface area contributed by atoms with Gasteiger partial charge in [-0.1, -0.05) is 0 Å². The molecule has 1 aromatic rings. The van der Waals surface area contributed by atoms with E-state index in [1.165, 1.54) is 0 Å². The Labute approximate surface area is 119 Å². The van der Waals surface area contributed by atoms with Crippen LogP contribution in [0.2, 0.25) is 0 Å². The molecule has 2 aliphatic rings. The average molecular weight is 278 g/mol. The van der Waals surface area contributed by atoms with Gasteiger partial charge in [0.05, 0.1) is 12.1 Å². The van der Waals surface area contributed by atoms with Crippen LogP contribution in [0.25, 0.3) is 0 Å². The maximum absolute atomic E-state index is 12.4. The number of aryl methyl sites for hydroxylation is 1. The van der Waals surface area contributed by atoms with Crippen molar-refractivity contribution in [3.05, 3.63) is 18.2 Å². The lowest BCUT2D eigenvalue weighted by atomic mass is 10.0. The van der Waals surface area contributed by atoms with E-state index in [1.54, 1.807) is 6.20 Å². The summed E-state index contributed by atoms with van der Waals surface area (Å²) < 4.78 is 7.71. The molecule has 2 heterocycles. The Morgan fingerprint density at radius 2 is 2.35 bits per heavy atom. The minimum Gasteiger partial charge on any atom is -0.363 e. The largest absolute Gasteiger partial charge is 0.363 e. The summed E-state index contributed by atoms with van der Waals surface area (Å²) in [6.45, 7) is 4.42. The molecular formula is C14H22N4O2. The van der Waals surface area contributed by atoms with Crippen LogP contribution in [-0.4, -0.2) is 51.7 Å². The fourth-order valence-electron chi connectivity index (χ4n) is 2.41. The topological polar surface area (TPSA) is 59.4 Å². The summed E-state index contributed by atoms with van der Waals surface area (Å²) in [7, 11) is 1.95. The number of hydrogen-bond acceptors (Lipinski definition) is 4. The summed E-state index contributed by atoms with van der Waals surface area (Å²) in [5.41, 5.74) is -0.173. The van der Waals surface area contributed by atoms with Gasteiger partial charge in [-0.3, -0.25) is 4.79 Å². The molecule has 0 unspecified atom stereocenters. The van der Waals surface area contributed by atoms with Crippen LogP contribution in [-0.2, 0) is 23.1 Å². The number of carbonyl (C=O) groups is 1. The first-order valence-corrected chi connectivity index (χ1v) is 7.18. The van der Waals surface area contributed by atoms with E-state index in [2.05, 4.69) is 10.3 Å². The van der Waals surface area contributed by atoms with Gasteiger partial charge in [-0.2, -0.15) is 0 Å². The highest BCUT2D eigenvalue weighted by Gasteiger charge is 2.36. The van der Waals surface area contributed by atoms with Gasteiger partial charge in [-0.05, 0) is 19.8 Å². The monoisotopic (exact) mass is 278 g/mol. The molecule has 1 aliphatic heterocycles. The van der Waals surface area contributed by atoms with Crippen LogP contribution in [0.4, 0.5) is 0 Å². The van der Waals surface area contributed by atoms with Gasteiger partial charge in [0.2, 0.25) is 5.91 Å². The normalized spacial score (nSPS) is 20.5. The predicted molar refractivity (Wildman–Crippen MR) is 74.0 cm³/mol. The molecule has 0 bridgehead atoms. The quantitative estimate of drug-likeness (QED) is 0.812. The SMILES string of the molecule is Cn1ccnc1CN(C(=O)COC1(C)CNC1)C1CC1. The summed E-state index contributed by atoms with van der Waals surface area (Å²) in [4.78, 5) is 18.6. The number of amides is 1. The van der Waals surface area contributed by atoms with Crippen molar-refractivity contribution in [2.75, 3.05) is 19.7 Å². The molecule has 110 valence electrons. The minimum atomic E-state index is -0.173. The zero-order valence-corrected chi connectivity index (χ0v) is 12.1. The van der Waals surface area contributed by atoms with Crippen LogP contribution in [0.5, 0.6) is 0 Å². The number of nitrogens with zero attached hydrogens (tertiary/aromatic N) is 3. The number of rotatable bonds is 6. The van der Waals surface area contributed by atoms with Crippen molar-refractivity contribution >= 4 is 5.91 Å². The van der Waals surface area contributed by atoms with Gasteiger partial charge in [-0.25, -0.2) is 4.98 Å². The lowest BCUT2D eigenvalue weighted by Crippen LogP contribution is -2.59. The third-order valence-electron chi connectivity index (χ3n) is 4.08. The minimum absolute atomic E-state index is 0.0728. The van der Waals surface area contributed by atoms with Crippen molar-refractivity contribution in [3.63, 3.8) is 0 Å². The molecule has 6 heteroatoms. The second-order valence-corrected chi connectivity index (χ2v) is 6.05. The Morgan fingerprint density at radius 1 is 1.60 bits per heavy atom. The highest BCUT2D eigenvalue weighted by atomic mass is 16.5. The van der Waals surface area contributed by atoms with Crippen molar-refractivity contribution in [1.82, 2.24) is 19.8 Å². The first-order chi connectivity index (χ1) is 9.57. The van der Waals surface area contributed by atoms with Crippen molar-refractivity contribution in [3.8, 4) is 0 Å². The van der Waals surface area contributed by atoms with E-state index in [9.17, 15) is 4.79 Å². The van der Waals surface area contributed by atoms with Crippen LogP contribution in [0.15, 0.2) is 12.4 Å². The van der Waals surface area contributed by atoms with Gasteiger partial charge < -0.3 is 19.5 Å². The fraction of sp³-hybridized carbons (Fsp3) is 0.714. The second kappa shape index (κ2) is 5.18. The molecule has 2 fully saturated rings. The van der Waals surface area contributed by atoms with Crippen molar-refractivity contribution in [1.29, 1.82) is 0 Å². The zero-order valence-electron chi connectivity index (χ0n) is 12.1. The molecule has 1 saturated heterocycles. The van der Waals surface area contributed by atoms with Crippen molar-refractivity contribution in [2.24, 2.45) is 7.05 Å². The summed E-state index contributed by atoms with van der Waals surface area (Å²) in [5.74, 6) is 0.991. The van der Waals surface area contributed by atoms with E-state index in [4.69, 9.17) is 4.74 Å². The Balaban J connectivity index is 1.58. The maximum atomic E-state index is 12.4. The Hall–Kier alpha value is -1.40. The van der Waals surface area contributed by atoms with Gasteiger partial charge in [0.25, 0.3) is 0 Å². The Bertz CT molecular complexity index is 491. The molecule has 1 aromatic heterocycles. The lowest BCUT2D eigenvalue weighted by molar-refractivity contribution is -0.147. The van der Waals surface area contributed by atoms with E-state index >= 15 is 0 Å². The summed E-state index contributed by atoms with van der Waals surface area (Å²) in [6, 6.07) is 0.370. The lowest BCUT2D eigenvalue weighted by Gasteiger charge is -2.39. The van der Waals surface area contributed by atoms with Crippen LogP contribution in [0, 0.1) is 0 Å². The summed E-state index contributed by atoms with van der Waals surface area (Å²) >= 11 is 0. The van der Waals surface area contributed by atoms with Gasteiger partial charge in [-0.15, -0.1) is 0 Å². The molecule has 3 rings (SSSR count). The molecule has 20 heavy (non-hydrogen) atoms. The highest BCUT2D eigenvalue weighted by Crippen LogP contribution is 2.28. The first-order valence-electron chi connectivity index (χ1n) is 7.18. The van der Waals surface area contributed by atoms with Gasteiger partial charge >= 0.3 is 0 Å². The fourth-order valence-corrected chi connectivity index (χ4v) is 2.41. The van der Waals surface area contributed by atoms with Crippen molar-refractivity contribution < 1.29 is 9.53 Å². The van der Waals surface area contributed by atoms with E-state index in [0.717, 1.165) is 31.8 Å². The molecule has 0 atom stereocenters. The van der Waals surface area contributed by atoms with Gasteiger partial charge in [0, 0.05) is 38.6 Å². The molecule has 1 amide bonds. The zero-order chi connectivity index (χ0) is 14.2. The Kier molecular flexibility index (Phi) is 3.52. The standard InChI is InChI=1S/C14H22N4O2/c1-14(9-15-10-14)20-8-13(19)18(11-3-4-11)7-12-16-5-6-17(12)2/h5-6,11,15H,3-4,7-10H2,1-2H3. The van der Waals surface area contributed by atoms with Crippen LogP contribution in [0.1, 0.15) is 25.6 Å². The Morgan fingerprint density at radius 3 is 2.85 bits per heavy atom. The average Bonchev–Trinajstić information content (AvgIpc) is 3.15. The smallest absolute Gasteiger partial charge is 0.249 e.